The fourth-order valence-electron chi connectivity index (χ4n) is 1.41. The van der Waals surface area contributed by atoms with E-state index in [4.69, 9.17) is 4.52 Å². The Morgan fingerprint density at radius 2 is 2.00 bits per heavy atom. The van der Waals surface area contributed by atoms with E-state index in [-0.39, 0.29) is 23.5 Å². The van der Waals surface area contributed by atoms with E-state index in [1.54, 1.807) is 6.07 Å². The summed E-state index contributed by atoms with van der Waals surface area (Å²) in [4.78, 5) is 11.8. The summed E-state index contributed by atoms with van der Waals surface area (Å²) in [6.07, 6.45) is 0. The van der Waals surface area contributed by atoms with Gasteiger partial charge >= 0.3 is 0 Å². The third-order valence-corrected chi connectivity index (χ3v) is 2.46. The summed E-state index contributed by atoms with van der Waals surface area (Å²) in [7, 11) is 0. The summed E-state index contributed by atoms with van der Waals surface area (Å²) in [5.41, 5.74) is 1.13. The van der Waals surface area contributed by atoms with Crippen LogP contribution in [0.2, 0.25) is 0 Å². The van der Waals surface area contributed by atoms with Crippen LogP contribution in [-0.4, -0.2) is 11.1 Å². The average Bonchev–Trinajstić information content (AvgIpc) is 2.78. The highest BCUT2D eigenvalue weighted by atomic mass is 19.1. The van der Waals surface area contributed by atoms with E-state index >= 15 is 0 Å². The van der Waals surface area contributed by atoms with Crippen molar-refractivity contribution in [3.63, 3.8) is 0 Å². The van der Waals surface area contributed by atoms with Gasteiger partial charge in [0.05, 0.1) is 5.69 Å². The maximum absolute atomic E-state index is 12.7. The summed E-state index contributed by atoms with van der Waals surface area (Å²) in [5, 5.41) is 6.39. The van der Waals surface area contributed by atoms with Gasteiger partial charge in [-0.1, -0.05) is 19.0 Å². The van der Waals surface area contributed by atoms with Crippen LogP contribution in [0.1, 0.15) is 35.8 Å². The van der Waals surface area contributed by atoms with Gasteiger partial charge in [0.25, 0.3) is 5.91 Å². The zero-order valence-corrected chi connectivity index (χ0v) is 10.1. The Hall–Kier alpha value is -2.17. The van der Waals surface area contributed by atoms with Crippen molar-refractivity contribution in [2.24, 2.45) is 0 Å². The van der Waals surface area contributed by atoms with Crippen molar-refractivity contribution in [2.45, 2.75) is 19.8 Å². The lowest BCUT2D eigenvalue weighted by molar-refractivity contribution is 0.102. The molecule has 94 valence electrons. The molecule has 2 rings (SSSR count). The summed E-state index contributed by atoms with van der Waals surface area (Å²) in [5.74, 6) is -0.229. The SMILES string of the molecule is CC(C)c1cc(NC(=O)c2ccc(F)cc2)on1. The molecule has 0 radical (unpaired) electrons. The Morgan fingerprint density at radius 3 is 2.56 bits per heavy atom. The zero-order chi connectivity index (χ0) is 13.1. The van der Waals surface area contributed by atoms with Gasteiger partial charge < -0.3 is 4.52 Å². The normalized spacial score (nSPS) is 10.7. The molecule has 1 aromatic heterocycles. The van der Waals surface area contributed by atoms with E-state index in [2.05, 4.69) is 10.5 Å². The van der Waals surface area contributed by atoms with Crippen molar-refractivity contribution in [1.29, 1.82) is 0 Å². The van der Waals surface area contributed by atoms with E-state index in [0.29, 0.717) is 5.56 Å². The summed E-state index contributed by atoms with van der Waals surface area (Å²) < 4.78 is 17.7. The molecule has 0 spiro atoms. The zero-order valence-electron chi connectivity index (χ0n) is 10.1. The number of hydrogen-bond acceptors (Lipinski definition) is 3. The van der Waals surface area contributed by atoms with Crippen LogP contribution in [0.5, 0.6) is 0 Å². The maximum Gasteiger partial charge on any atom is 0.258 e. The van der Waals surface area contributed by atoms with Crippen LogP contribution < -0.4 is 5.32 Å². The van der Waals surface area contributed by atoms with E-state index in [1.165, 1.54) is 24.3 Å². The van der Waals surface area contributed by atoms with Crippen LogP contribution in [0.25, 0.3) is 0 Å². The Morgan fingerprint density at radius 1 is 1.33 bits per heavy atom. The number of hydrogen-bond donors (Lipinski definition) is 1. The van der Waals surface area contributed by atoms with Crippen molar-refractivity contribution < 1.29 is 13.7 Å². The molecular formula is C13H13FN2O2. The molecule has 1 aromatic carbocycles. The molecule has 2 aromatic rings. The summed E-state index contributed by atoms with van der Waals surface area (Å²) in [6, 6.07) is 6.95. The fraction of sp³-hybridized carbons (Fsp3) is 0.231. The van der Waals surface area contributed by atoms with Gasteiger partial charge in [-0.2, -0.15) is 0 Å². The number of carbonyl (C=O) groups excluding carboxylic acids is 1. The molecule has 5 heteroatoms. The molecule has 0 aliphatic carbocycles. The number of nitrogens with zero attached hydrogens (tertiary/aromatic N) is 1. The molecule has 4 nitrogen and oxygen atoms in total. The topological polar surface area (TPSA) is 55.1 Å². The highest BCUT2D eigenvalue weighted by Gasteiger charge is 2.11. The first kappa shape index (κ1) is 12.3. The number of amides is 1. The maximum atomic E-state index is 12.7. The van der Waals surface area contributed by atoms with Crippen molar-refractivity contribution >= 4 is 11.8 Å². The Balaban J connectivity index is 2.08. The van der Waals surface area contributed by atoms with Crippen molar-refractivity contribution in [3.8, 4) is 0 Å². The van der Waals surface area contributed by atoms with Crippen LogP contribution in [0.3, 0.4) is 0 Å². The predicted molar refractivity (Wildman–Crippen MR) is 64.9 cm³/mol. The molecule has 0 atom stereocenters. The van der Waals surface area contributed by atoms with E-state index in [9.17, 15) is 9.18 Å². The molecule has 0 aliphatic rings. The molecule has 1 amide bonds. The first-order valence-electron chi connectivity index (χ1n) is 5.60. The highest BCUT2D eigenvalue weighted by Crippen LogP contribution is 2.18. The Bertz CT molecular complexity index is 546. The molecule has 0 unspecified atom stereocenters. The fourth-order valence-corrected chi connectivity index (χ4v) is 1.41. The minimum Gasteiger partial charge on any atom is -0.338 e. The molecule has 0 saturated heterocycles. The second-order valence-corrected chi connectivity index (χ2v) is 4.23. The second-order valence-electron chi connectivity index (χ2n) is 4.23. The average molecular weight is 248 g/mol. The number of benzene rings is 1. The lowest BCUT2D eigenvalue weighted by Crippen LogP contribution is -2.11. The van der Waals surface area contributed by atoms with Gasteiger partial charge in [0, 0.05) is 11.6 Å². The van der Waals surface area contributed by atoms with Gasteiger partial charge in [-0.25, -0.2) is 4.39 Å². The van der Waals surface area contributed by atoms with E-state index in [1.807, 2.05) is 13.8 Å². The molecule has 1 N–H and O–H groups in total. The number of carbonyl (C=O) groups is 1. The third-order valence-electron chi connectivity index (χ3n) is 2.46. The smallest absolute Gasteiger partial charge is 0.258 e. The second kappa shape index (κ2) is 5.00. The van der Waals surface area contributed by atoms with E-state index in [0.717, 1.165) is 5.69 Å². The highest BCUT2D eigenvalue weighted by molar-refractivity contribution is 6.03. The largest absolute Gasteiger partial charge is 0.338 e. The predicted octanol–water partition coefficient (Wildman–Crippen LogP) is 3.19. The standard InChI is InChI=1S/C13H13FN2O2/c1-8(2)11-7-12(18-16-11)15-13(17)9-3-5-10(14)6-4-9/h3-8H,1-2H3,(H,15,17). The summed E-state index contributed by atoms with van der Waals surface area (Å²) >= 11 is 0. The quantitative estimate of drug-likeness (QED) is 0.907. The summed E-state index contributed by atoms with van der Waals surface area (Å²) in [6.45, 7) is 3.95. The first-order chi connectivity index (χ1) is 8.56. The molecule has 0 saturated carbocycles. The monoisotopic (exact) mass is 248 g/mol. The van der Waals surface area contributed by atoms with Crippen molar-refractivity contribution in [1.82, 2.24) is 5.16 Å². The van der Waals surface area contributed by atoms with Crippen molar-refractivity contribution in [3.05, 3.63) is 47.4 Å². The molecular weight excluding hydrogens is 235 g/mol. The van der Waals surface area contributed by atoms with Gasteiger partial charge in [0.15, 0.2) is 0 Å². The van der Waals surface area contributed by atoms with E-state index < -0.39 is 0 Å². The van der Waals surface area contributed by atoms with Crippen LogP contribution in [0.15, 0.2) is 34.9 Å². The number of anilines is 1. The molecule has 0 bridgehead atoms. The Labute approximate surface area is 104 Å². The molecule has 18 heavy (non-hydrogen) atoms. The number of halogens is 1. The van der Waals surface area contributed by atoms with Crippen LogP contribution in [-0.2, 0) is 0 Å². The molecule has 0 aliphatic heterocycles. The number of rotatable bonds is 3. The van der Waals surface area contributed by atoms with Gasteiger partial charge in [-0.15, -0.1) is 0 Å². The van der Waals surface area contributed by atoms with Gasteiger partial charge in [-0.3, -0.25) is 10.1 Å². The van der Waals surface area contributed by atoms with Crippen molar-refractivity contribution in [2.75, 3.05) is 5.32 Å². The minimum absolute atomic E-state index is 0.227. The third kappa shape index (κ3) is 2.74. The molecule has 1 heterocycles. The van der Waals surface area contributed by atoms with Crippen LogP contribution in [0, 0.1) is 5.82 Å². The Kier molecular flexibility index (Phi) is 3.41. The van der Waals surface area contributed by atoms with Gasteiger partial charge in [0.1, 0.15) is 5.82 Å². The number of aromatic nitrogens is 1. The van der Waals surface area contributed by atoms with Gasteiger partial charge in [0.2, 0.25) is 5.88 Å². The van der Waals surface area contributed by atoms with Gasteiger partial charge in [-0.05, 0) is 30.2 Å². The minimum atomic E-state index is -0.381. The lowest BCUT2D eigenvalue weighted by Gasteiger charge is -2.00. The first-order valence-corrected chi connectivity index (χ1v) is 5.60. The molecule has 0 fully saturated rings. The van der Waals surface area contributed by atoms with Crippen LogP contribution in [0.4, 0.5) is 10.3 Å². The lowest BCUT2D eigenvalue weighted by atomic mass is 10.1. The van der Waals surface area contributed by atoms with Crippen LogP contribution >= 0.6 is 0 Å². The number of nitrogens with one attached hydrogen (secondary N) is 1.